The molecule has 2 aliphatic heterocycles. The summed E-state index contributed by atoms with van der Waals surface area (Å²) in [5, 5.41) is 0. The molecule has 0 spiro atoms. The van der Waals surface area contributed by atoms with Gasteiger partial charge in [0.1, 0.15) is 12.6 Å². The van der Waals surface area contributed by atoms with Crippen molar-refractivity contribution >= 4 is 17.8 Å². The number of hydrogen-bond acceptors (Lipinski definition) is 5. The van der Waals surface area contributed by atoms with E-state index in [4.69, 9.17) is 9.47 Å². The molecule has 2 aliphatic rings. The van der Waals surface area contributed by atoms with Crippen molar-refractivity contribution in [3.05, 3.63) is 0 Å². The molecule has 0 aliphatic carbocycles. The third-order valence-electron chi connectivity index (χ3n) is 2.82. The lowest BCUT2D eigenvalue weighted by molar-refractivity contribution is -0.144. The summed E-state index contributed by atoms with van der Waals surface area (Å²) in [6, 6.07) is -0.890. The van der Waals surface area contributed by atoms with Crippen LogP contribution in [-0.4, -0.2) is 48.0 Å². The first-order valence-electron chi connectivity index (χ1n) is 5.27. The van der Waals surface area contributed by atoms with Gasteiger partial charge in [0.2, 0.25) is 0 Å². The van der Waals surface area contributed by atoms with Crippen molar-refractivity contribution in [1.29, 1.82) is 0 Å². The number of esters is 1. The Morgan fingerprint density at radius 3 is 3.00 bits per heavy atom. The van der Waals surface area contributed by atoms with Crippen LogP contribution in [0, 0.1) is 0 Å². The molecular weight excluding hydrogens is 214 g/mol. The molecule has 0 aromatic heterocycles. The van der Waals surface area contributed by atoms with Crippen LogP contribution in [0.15, 0.2) is 0 Å². The Labute approximate surface area is 92.5 Å². The van der Waals surface area contributed by atoms with Crippen molar-refractivity contribution < 1.29 is 23.9 Å². The summed E-state index contributed by atoms with van der Waals surface area (Å²) >= 11 is 0. The number of nitrogens with zero attached hydrogens (tertiary/aromatic N) is 1. The van der Waals surface area contributed by atoms with Crippen molar-refractivity contribution in [3.8, 4) is 0 Å². The van der Waals surface area contributed by atoms with Gasteiger partial charge in [-0.1, -0.05) is 0 Å². The topological polar surface area (TPSA) is 72.9 Å². The fourth-order valence-corrected chi connectivity index (χ4v) is 2.13. The Kier molecular flexibility index (Phi) is 2.80. The SMILES string of the molecule is CCOC(=O)C[C@@H]1CC(=O)[C@@H]2COC(=O)N12. The molecule has 0 aromatic rings. The van der Waals surface area contributed by atoms with E-state index < -0.39 is 18.2 Å². The maximum atomic E-state index is 11.5. The molecule has 6 nitrogen and oxygen atoms in total. The monoisotopic (exact) mass is 227 g/mol. The number of carbonyl (C=O) groups is 3. The molecular formula is C10H13NO5. The summed E-state index contributed by atoms with van der Waals surface area (Å²) in [5.74, 6) is -0.430. The lowest BCUT2D eigenvalue weighted by Crippen LogP contribution is -2.37. The van der Waals surface area contributed by atoms with Crippen LogP contribution < -0.4 is 0 Å². The average Bonchev–Trinajstić information content (AvgIpc) is 2.72. The van der Waals surface area contributed by atoms with E-state index >= 15 is 0 Å². The number of carbonyl (C=O) groups excluding carboxylic acids is 3. The van der Waals surface area contributed by atoms with Crippen molar-refractivity contribution in [2.24, 2.45) is 0 Å². The van der Waals surface area contributed by atoms with Crippen molar-refractivity contribution in [3.63, 3.8) is 0 Å². The van der Waals surface area contributed by atoms with Gasteiger partial charge < -0.3 is 9.47 Å². The second kappa shape index (κ2) is 4.11. The molecule has 0 unspecified atom stereocenters. The number of Topliss-reactive ketones (excluding diaryl/α,β-unsaturated/α-hetero) is 1. The van der Waals surface area contributed by atoms with Gasteiger partial charge in [-0.3, -0.25) is 14.5 Å². The van der Waals surface area contributed by atoms with Gasteiger partial charge in [0, 0.05) is 6.42 Å². The average molecular weight is 227 g/mol. The van der Waals surface area contributed by atoms with Gasteiger partial charge in [0.15, 0.2) is 5.78 Å². The number of ketones is 1. The number of cyclic esters (lactones) is 1. The van der Waals surface area contributed by atoms with Gasteiger partial charge in [0.25, 0.3) is 0 Å². The van der Waals surface area contributed by atoms with Crippen molar-refractivity contribution in [2.75, 3.05) is 13.2 Å². The summed E-state index contributed by atoms with van der Waals surface area (Å²) in [4.78, 5) is 35.5. The molecule has 88 valence electrons. The minimum absolute atomic E-state index is 0.0415. The quantitative estimate of drug-likeness (QED) is 0.639. The van der Waals surface area contributed by atoms with Crippen molar-refractivity contribution in [1.82, 2.24) is 4.90 Å². The highest BCUT2D eigenvalue weighted by molar-refractivity contribution is 5.94. The van der Waals surface area contributed by atoms with E-state index in [2.05, 4.69) is 0 Å². The summed E-state index contributed by atoms with van der Waals surface area (Å²) in [6.45, 7) is 2.12. The first-order valence-corrected chi connectivity index (χ1v) is 5.27. The first kappa shape index (κ1) is 10.9. The van der Waals surface area contributed by atoms with Crippen LogP contribution in [0.3, 0.4) is 0 Å². The predicted molar refractivity (Wildman–Crippen MR) is 51.6 cm³/mol. The largest absolute Gasteiger partial charge is 0.466 e. The smallest absolute Gasteiger partial charge is 0.410 e. The molecule has 0 N–H and O–H groups in total. The number of hydrogen-bond donors (Lipinski definition) is 0. The van der Waals surface area contributed by atoms with E-state index in [0.29, 0.717) is 6.61 Å². The molecule has 0 radical (unpaired) electrons. The predicted octanol–water partition coefficient (Wildman–Crippen LogP) is 0.102. The molecule has 0 aromatic carbocycles. The number of ether oxygens (including phenoxy) is 2. The molecule has 2 saturated heterocycles. The molecule has 16 heavy (non-hydrogen) atoms. The molecule has 0 saturated carbocycles. The first-order chi connectivity index (χ1) is 7.63. The van der Waals surface area contributed by atoms with Gasteiger partial charge >= 0.3 is 12.1 Å². The van der Waals surface area contributed by atoms with Crippen LogP contribution in [0.25, 0.3) is 0 Å². The molecule has 2 fully saturated rings. The van der Waals surface area contributed by atoms with Crippen LogP contribution in [0.2, 0.25) is 0 Å². The Hall–Kier alpha value is -1.59. The minimum atomic E-state index is -0.509. The summed E-state index contributed by atoms with van der Waals surface area (Å²) in [7, 11) is 0. The standard InChI is InChI=1S/C10H13NO5/c1-2-15-9(13)4-6-3-8(12)7-5-16-10(14)11(6)7/h6-7H,2-5H2,1H3/t6-,7-/m0/s1. The van der Waals surface area contributed by atoms with E-state index in [1.807, 2.05) is 0 Å². The summed E-state index contributed by atoms with van der Waals surface area (Å²) < 4.78 is 9.57. The van der Waals surface area contributed by atoms with Gasteiger partial charge in [-0.05, 0) is 6.92 Å². The van der Waals surface area contributed by atoms with Crippen LogP contribution in [0.4, 0.5) is 4.79 Å². The highest BCUT2D eigenvalue weighted by Gasteiger charge is 2.49. The Bertz CT molecular complexity index is 338. The van der Waals surface area contributed by atoms with E-state index in [-0.39, 0.29) is 31.2 Å². The maximum absolute atomic E-state index is 11.5. The Morgan fingerprint density at radius 1 is 1.56 bits per heavy atom. The summed E-state index contributed by atoms with van der Waals surface area (Å²) in [5.41, 5.74) is 0. The molecule has 0 bridgehead atoms. The fraction of sp³-hybridized carbons (Fsp3) is 0.700. The highest BCUT2D eigenvalue weighted by Crippen LogP contribution is 2.29. The summed E-state index contributed by atoms with van der Waals surface area (Å²) in [6.07, 6.45) is -0.228. The van der Waals surface area contributed by atoms with E-state index in [0.717, 1.165) is 0 Å². The molecule has 2 rings (SSSR count). The third-order valence-corrected chi connectivity index (χ3v) is 2.82. The lowest BCUT2D eigenvalue weighted by atomic mass is 10.1. The second-order valence-electron chi connectivity index (χ2n) is 3.83. The normalized spacial score (nSPS) is 27.9. The van der Waals surface area contributed by atoms with Crippen LogP contribution in [0.5, 0.6) is 0 Å². The second-order valence-corrected chi connectivity index (χ2v) is 3.83. The number of rotatable bonds is 3. The Balaban J connectivity index is 2.03. The zero-order valence-electron chi connectivity index (χ0n) is 8.97. The minimum Gasteiger partial charge on any atom is -0.466 e. The van der Waals surface area contributed by atoms with Gasteiger partial charge in [0.05, 0.1) is 19.1 Å². The zero-order chi connectivity index (χ0) is 11.7. The van der Waals surface area contributed by atoms with E-state index in [1.54, 1.807) is 6.92 Å². The van der Waals surface area contributed by atoms with E-state index in [9.17, 15) is 14.4 Å². The van der Waals surface area contributed by atoms with Crippen molar-refractivity contribution in [2.45, 2.75) is 31.8 Å². The molecule has 2 heterocycles. The number of amides is 1. The van der Waals surface area contributed by atoms with Crippen LogP contribution in [0.1, 0.15) is 19.8 Å². The Morgan fingerprint density at radius 2 is 2.31 bits per heavy atom. The van der Waals surface area contributed by atoms with Crippen LogP contribution >= 0.6 is 0 Å². The molecule has 6 heteroatoms. The zero-order valence-corrected chi connectivity index (χ0v) is 8.97. The molecule has 1 amide bonds. The number of fused-ring (bicyclic) bond motifs is 1. The molecule has 2 atom stereocenters. The lowest BCUT2D eigenvalue weighted by Gasteiger charge is -2.19. The van der Waals surface area contributed by atoms with Crippen LogP contribution in [-0.2, 0) is 19.1 Å². The van der Waals surface area contributed by atoms with Gasteiger partial charge in [-0.15, -0.1) is 0 Å². The van der Waals surface area contributed by atoms with E-state index in [1.165, 1.54) is 4.90 Å². The third kappa shape index (κ3) is 1.75. The fourth-order valence-electron chi connectivity index (χ4n) is 2.13. The van der Waals surface area contributed by atoms with Gasteiger partial charge in [-0.25, -0.2) is 4.79 Å². The maximum Gasteiger partial charge on any atom is 0.410 e. The van der Waals surface area contributed by atoms with Gasteiger partial charge in [-0.2, -0.15) is 0 Å². The highest BCUT2D eigenvalue weighted by atomic mass is 16.6.